The van der Waals surface area contributed by atoms with Crippen molar-refractivity contribution in [1.29, 1.82) is 0 Å². The smallest absolute Gasteiger partial charge is 0.254 e. The molecule has 0 radical (unpaired) electrons. The molecule has 0 unspecified atom stereocenters. The first-order chi connectivity index (χ1) is 10.4. The van der Waals surface area contributed by atoms with Crippen LogP contribution in [0, 0.1) is 0 Å². The number of rotatable bonds is 4. The van der Waals surface area contributed by atoms with E-state index in [0.717, 1.165) is 0 Å². The number of halogens is 2. The van der Waals surface area contributed by atoms with E-state index in [1.54, 1.807) is 18.2 Å². The number of carbonyl (C=O) groups excluding carboxylic acids is 1. The zero-order chi connectivity index (χ0) is 16.3. The molecule has 0 saturated heterocycles. The Morgan fingerprint density at radius 2 is 2.09 bits per heavy atom. The molecule has 1 amide bonds. The highest BCUT2D eigenvalue weighted by Gasteiger charge is 2.10. The number of amides is 1. The molecular formula is C15H15Cl2N3O2. The number of hydrogen-bond acceptors (Lipinski definition) is 3. The third-order valence-corrected chi connectivity index (χ3v) is 3.85. The van der Waals surface area contributed by atoms with Gasteiger partial charge in [-0.15, -0.1) is 0 Å². The molecule has 0 aliphatic heterocycles. The van der Waals surface area contributed by atoms with Crippen molar-refractivity contribution in [3.63, 3.8) is 0 Å². The minimum atomic E-state index is -0.384. The van der Waals surface area contributed by atoms with Crippen LogP contribution in [0.25, 0.3) is 0 Å². The van der Waals surface area contributed by atoms with Gasteiger partial charge < -0.3 is 5.32 Å². The van der Waals surface area contributed by atoms with Crippen molar-refractivity contribution in [1.82, 2.24) is 9.55 Å². The van der Waals surface area contributed by atoms with Gasteiger partial charge in [0, 0.05) is 6.07 Å². The molecule has 1 heterocycles. The summed E-state index contributed by atoms with van der Waals surface area (Å²) in [7, 11) is 0. The lowest BCUT2D eigenvalue weighted by Crippen LogP contribution is -2.28. The van der Waals surface area contributed by atoms with E-state index < -0.39 is 0 Å². The third kappa shape index (κ3) is 3.87. The van der Waals surface area contributed by atoms with E-state index in [2.05, 4.69) is 10.3 Å². The SMILES string of the molecule is CC(C)c1cc(=O)n(CC(=O)Nc2cccc(Cl)c2Cl)cn1. The second kappa shape index (κ2) is 6.94. The largest absolute Gasteiger partial charge is 0.323 e. The van der Waals surface area contributed by atoms with E-state index in [4.69, 9.17) is 23.2 Å². The van der Waals surface area contributed by atoms with Crippen LogP contribution in [-0.4, -0.2) is 15.5 Å². The topological polar surface area (TPSA) is 64.0 Å². The van der Waals surface area contributed by atoms with Crippen LogP contribution >= 0.6 is 23.2 Å². The molecular weight excluding hydrogens is 325 g/mol. The van der Waals surface area contributed by atoms with Crippen LogP contribution in [0.2, 0.25) is 10.0 Å². The third-order valence-electron chi connectivity index (χ3n) is 3.03. The Labute approximate surface area is 137 Å². The van der Waals surface area contributed by atoms with Gasteiger partial charge in [-0.3, -0.25) is 14.2 Å². The van der Waals surface area contributed by atoms with Gasteiger partial charge >= 0.3 is 0 Å². The quantitative estimate of drug-likeness (QED) is 0.929. The van der Waals surface area contributed by atoms with Gasteiger partial charge in [-0.25, -0.2) is 4.98 Å². The highest BCUT2D eigenvalue weighted by Crippen LogP contribution is 2.29. The Morgan fingerprint density at radius 3 is 2.73 bits per heavy atom. The summed E-state index contributed by atoms with van der Waals surface area (Å²) >= 11 is 11.9. The van der Waals surface area contributed by atoms with Crippen LogP contribution in [0.1, 0.15) is 25.5 Å². The molecule has 5 nitrogen and oxygen atoms in total. The Bertz CT molecular complexity index is 757. The first-order valence-corrected chi connectivity index (χ1v) is 7.44. The molecule has 0 fully saturated rings. The number of anilines is 1. The maximum atomic E-state index is 12.0. The van der Waals surface area contributed by atoms with Gasteiger partial charge in [0.2, 0.25) is 5.91 Å². The zero-order valence-electron chi connectivity index (χ0n) is 12.1. The molecule has 0 saturated carbocycles. The number of carbonyl (C=O) groups is 1. The van der Waals surface area contributed by atoms with Crippen LogP contribution in [0.3, 0.4) is 0 Å². The molecule has 7 heteroatoms. The molecule has 0 bridgehead atoms. The summed E-state index contributed by atoms with van der Waals surface area (Å²) in [6, 6.07) is 6.37. The standard InChI is InChI=1S/C15H15Cl2N3O2/c1-9(2)12-6-14(22)20(8-18-12)7-13(21)19-11-5-3-4-10(16)15(11)17/h3-6,8-9H,7H2,1-2H3,(H,19,21). The summed E-state index contributed by atoms with van der Waals surface area (Å²) < 4.78 is 1.24. The summed E-state index contributed by atoms with van der Waals surface area (Å²) in [5.41, 5.74) is 0.824. The summed E-state index contributed by atoms with van der Waals surface area (Å²) in [6.07, 6.45) is 1.37. The van der Waals surface area contributed by atoms with Gasteiger partial charge in [0.15, 0.2) is 0 Å². The van der Waals surface area contributed by atoms with Crippen LogP contribution in [-0.2, 0) is 11.3 Å². The molecule has 1 N–H and O–H groups in total. The average Bonchev–Trinajstić information content (AvgIpc) is 2.46. The van der Waals surface area contributed by atoms with Crippen LogP contribution in [0.5, 0.6) is 0 Å². The Kier molecular flexibility index (Phi) is 5.21. The van der Waals surface area contributed by atoms with Gasteiger partial charge in [0.1, 0.15) is 6.54 Å². The number of benzene rings is 1. The van der Waals surface area contributed by atoms with E-state index in [1.807, 2.05) is 13.8 Å². The van der Waals surface area contributed by atoms with Crippen molar-refractivity contribution >= 4 is 34.8 Å². The van der Waals surface area contributed by atoms with Crippen LogP contribution < -0.4 is 10.9 Å². The summed E-state index contributed by atoms with van der Waals surface area (Å²) in [5.74, 6) is -0.230. The van der Waals surface area contributed by atoms with E-state index in [-0.39, 0.29) is 29.0 Å². The molecule has 22 heavy (non-hydrogen) atoms. The fourth-order valence-corrected chi connectivity index (χ4v) is 2.17. The summed E-state index contributed by atoms with van der Waals surface area (Å²) in [6.45, 7) is 3.74. The maximum Gasteiger partial charge on any atom is 0.254 e. The van der Waals surface area contributed by atoms with E-state index in [1.165, 1.54) is 17.0 Å². The number of nitrogens with zero attached hydrogens (tertiary/aromatic N) is 2. The first kappa shape index (κ1) is 16.5. The predicted octanol–water partition coefficient (Wildman–Crippen LogP) is 3.31. The molecule has 1 aromatic carbocycles. The van der Waals surface area contributed by atoms with Crippen LogP contribution in [0.4, 0.5) is 5.69 Å². The van der Waals surface area contributed by atoms with E-state index in [9.17, 15) is 9.59 Å². The van der Waals surface area contributed by atoms with Gasteiger partial charge in [-0.05, 0) is 18.1 Å². The Hall–Kier alpha value is -1.85. The van der Waals surface area contributed by atoms with Crippen LogP contribution in [0.15, 0.2) is 35.4 Å². The minimum absolute atomic E-state index is 0.146. The van der Waals surface area contributed by atoms with Gasteiger partial charge in [-0.1, -0.05) is 43.1 Å². The fourth-order valence-electron chi connectivity index (χ4n) is 1.82. The van der Waals surface area contributed by atoms with E-state index >= 15 is 0 Å². The number of hydrogen-bond donors (Lipinski definition) is 1. The van der Waals surface area contributed by atoms with Gasteiger partial charge in [0.05, 0.1) is 27.8 Å². The van der Waals surface area contributed by atoms with Crippen molar-refractivity contribution in [2.24, 2.45) is 0 Å². The van der Waals surface area contributed by atoms with Gasteiger partial charge in [0.25, 0.3) is 5.56 Å². The second-order valence-electron chi connectivity index (χ2n) is 5.08. The second-order valence-corrected chi connectivity index (χ2v) is 5.87. The highest BCUT2D eigenvalue weighted by atomic mass is 35.5. The minimum Gasteiger partial charge on any atom is -0.323 e. The molecule has 116 valence electrons. The molecule has 1 aromatic heterocycles. The summed E-state index contributed by atoms with van der Waals surface area (Å²) in [4.78, 5) is 28.1. The van der Waals surface area contributed by atoms with E-state index in [0.29, 0.717) is 16.4 Å². The Morgan fingerprint density at radius 1 is 1.36 bits per heavy atom. The van der Waals surface area contributed by atoms with Crippen molar-refractivity contribution in [2.45, 2.75) is 26.3 Å². The number of nitrogens with one attached hydrogen (secondary N) is 1. The van der Waals surface area contributed by atoms with Crippen molar-refractivity contribution < 1.29 is 4.79 Å². The number of aromatic nitrogens is 2. The lowest BCUT2D eigenvalue weighted by molar-refractivity contribution is -0.116. The average molecular weight is 340 g/mol. The molecule has 2 aromatic rings. The monoisotopic (exact) mass is 339 g/mol. The maximum absolute atomic E-state index is 12.0. The molecule has 0 aliphatic rings. The van der Waals surface area contributed by atoms with Crippen molar-refractivity contribution in [3.05, 3.63) is 56.7 Å². The highest BCUT2D eigenvalue weighted by molar-refractivity contribution is 6.43. The normalized spacial score (nSPS) is 10.8. The molecule has 0 atom stereocenters. The first-order valence-electron chi connectivity index (χ1n) is 6.68. The Balaban J connectivity index is 2.13. The fraction of sp³-hybridized carbons (Fsp3) is 0.267. The van der Waals surface area contributed by atoms with Gasteiger partial charge in [-0.2, -0.15) is 0 Å². The molecule has 0 spiro atoms. The lowest BCUT2D eigenvalue weighted by Gasteiger charge is -2.10. The molecule has 0 aliphatic carbocycles. The lowest BCUT2D eigenvalue weighted by atomic mass is 10.1. The van der Waals surface area contributed by atoms with Crippen molar-refractivity contribution in [3.8, 4) is 0 Å². The predicted molar refractivity (Wildman–Crippen MR) is 87.7 cm³/mol. The molecule has 2 rings (SSSR count). The summed E-state index contributed by atoms with van der Waals surface area (Å²) in [5, 5.41) is 3.23. The zero-order valence-corrected chi connectivity index (χ0v) is 13.6. The van der Waals surface area contributed by atoms with Crippen molar-refractivity contribution in [2.75, 3.05) is 5.32 Å².